The van der Waals surface area contributed by atoms with Crippen LogP contribution < -0.4 is 15.2 Å². The molecule has 1 aliphatic rings. The fourth-order valence-electron chi connectivity index (χ4n) is 2.19. The molecule has 6 heteroatoms. The van der Waals surface area contributed by atoms with Crippen LogP contribution in [0, 0.1) is 0 Å². The summed E-state index contributed by atoms with van der Waals surface area (Å²) in [6.45, 7) is 0.463. The number of hydrogen-bond acceptors (Lipinski definition) is 4. The average Bonchev–Trinajstić information content (AvgIpc) is 2.94. The van der Waals surface area contributed by atoms with Crippen LogP contribution in [-0.4, -0.2) is 37.9 Å². The fourth-order valence-corrected chi connectivity index (χ4v) is 2.19. The van der Waals surface area contributed by atoms with Gasteiger partial charge in [0.1, 0.15) is 11.5 Å². The minimum Gasteiger partial charge on any atom is -0.496 e. The first-order valence-corrected chi connectivity index (χ1v) is 6.13. The molecule has 0 spiro atoms. The van der Waals surface area contributed by atoms with E-state index in [0.717, 1.165) is 25.9 Å². The largest absolute Gasteiger partial charge is 0.496 e. The molecule has 19 heavy (non-hydrogen) atoms. The number of nitrogens with two attached hydrogens (primary N) is 1. The van der Waals surface area contributed by atoms with E-state index in [1.165, 1.54) is 19.2 Å². The molecular formula is C13H17FN2O3. The molecule has 0 unspecified atom stereocenters. The molecule has 1 aromatic rings. The molecule has 1 aliphatic heterocycles. The lowest BCUT2D eigenvalue weighted by molar-refractivity contribution is 0.0788. The van der Waals surface area contributed by atoms with Crippen LogP contribution in [-0.2, 0) is 0 Å². The summed E-state index contributed by atoms with van der Waals surface area (Å²) in [5, 5.41) is 0. The highest BCUT2D eigenvalue weighted by Gasteiger charge is 2.24. The summed E-state index contributed by atoms with van der Waals surface area (Å²) in [4.78, 5) is 14.1. The number of ether oxygens (including phenoxy) is 2. The Morgan fingerprint density at radius 2 is 2.05 bits per heavy atom. The van der Waals surface area contributed by atoms with Gasteiger partial charge in [-0.3, -0.25) is 4.79 Å². The van der Waals surface area contributed by atoms with Gasteiger partial charge >= 0.3 is 0 Å². The second-order valence-corrected chi connectivity index (χ2v) is 4.34. The smallest absolute Gasteiger partial charge is 0.257 e. The van der Waals surface area contributed by atoms with Crippen molar-refractivity contribution in [2.24, 2.45) is 0 Å². The molecule has 2 rings (SSSR count). The third-order valence-electron chi connectivity index (χ3n) is 3.17. The Labute approximate surface area is 111 Å². The number of anilines is 1. The number of alkyl halides is 1. The standard InChI is InChI=1S/C13H17FN2O3/c1-18-11-7-10(15)12(19-8-14)6-9(11)13(17)16-4-2-3-5-16/h6-7H,2-5,8,15H2,1H3. The first kappa shape index (κ1) is 13.5. The number of methoxy groups -OCH3 is 1. The van der Waals surface area contributed by atoms with Gasteiger partial charge in [0, 0.05) is 19.2 Å². The molecule has 1 amide bonds. The van der Waals surface area contributed by atoms with Crippen LogP contribution in [0.4, 0.5) is 10.1 Å². The molecule has 1 heterocycles. The summed E-state index contributed by atoms with van der Waals surface area (Å²) in [5.74, 6) is 0.393. The Hall–Kier alpha value is -1.98. The second kappa shape index (κ2) is 5.77. The van der Waals surface area contributed by atoms with E-state index in [1.807, 2.05) is 0 Å². The number of carbonyl (C=O) groups excluding carboxylic acids is 1. The number of halogens is 1. The van der Waals surface area contributed by atoms with E-state index in [0.29, 0.717) is 11.3 Å². The lowest BCUT2D eigenvalue weighted by Gasteiger charge is -2.18. The number of hydrogen-bond donors (Lipinski definition) is 1. The maximum absolute atomic E-state index is 12.4. The average molecular weight is 268 g/mol. The number of nitrogens with zero attached hydrogens (tertiary/aromatic N) is 1. The molecule has 1 fully saturated rings. The van der Waals surface area contributed by atoms with E-state index >= 15 is 0 Å². The summed E-state index contributed by atoms with van der Waals surface area (Å²) < 4.78 is 22.2. The highest BCUT2D eigenvalue weighted by Crippen LogP contribution is 2.32. The lowest BCUT2D eigenvalue weighted by Crippen LogP contribution is -2.28. The van der Waals surface area contributed by atoms with Gasteiger partial charge in [0.15, 0.2) is 0 Å². The summed E-state index contributed by atoms with van der Waals surface area (Å²) in [6, 6.07) is 2.92. The molecule has 0 radical (unpaired) electrons. The van der Waals surface area contributed by atoms with Crippen LogP contribution in [0.3, 0.4) is 0 Å². The number of nitrogen functional groups attached to an aromatic ring is 1. The molecule has 0 bridgehead atoms. The van der Waals surface area contributed by atoms with Crippen molar-refractivity contribution in [1.82, 2.24) is 4.90 Å². The van der Waals surface area contributed by atoms with E-state index in [9.17, 15) is 9.18 Å². The Morgan fingerprint density at radius 1 is 1.37 bits per heavy atom. The molecular weight excluding hydrogens is 251 g/mol. The Kier molecular flexibility index (Phi) is 4.09. The highest BCUT2D eigenvalue weighted by molar-refractivity contribution is 5.98. The van der Waals surface area contributed by atoms with Gasteiger partial charge in [0.2, 0.25) is 6.86 Å². The van der Waals surface area contributed by atoms with E-state index < -0.39 is 6.86 Å². The summed E-state index contributed by atoms with van der Waals surface area (Å²) >= 11 is 0. The highest BCUT2D eigenvalue weighted by atomic mass is 19.1. The van der Waals surface area contributed by atoms with Crippen molar-refractivity contribution in [2.75, 3.05) is 32.8 Å². The molecule has 0 atom stereocenters. The monoisotopic (exact) mass is 268 g/mol. The van der Waals surface area contributed by atoms with Crippen molar-refractivity contribution in [2.45, 2.75) is 12.8 Å². The zero-order valence-corrected chi connectivity index (χ0v) is 10.8. The van der Waals surface area contributed by atoms with Crippen LogP contribution >= 0.6 is 0 Å². The maximum Gasteiger partial charge on any atom is 0.257 e. The molecule has 5 nitrogen and oxygen atoms in total. The molecule has 2 N–H and O–H groups in total. The number of rotatable bonds is 4. The SMILES string of the molecule is COc1cc(N)c(OCF)cc1C(=O)N1CCCC1. The summed E-state index contributed by atoms with van der Waals surface area (Å²) in [5.41, 5.74) is 6.30. The zero-order valence-electron chi connectivity index (χ0n) is 10.8. The van der Waals surface area contributed by atoms with Gasteiger partial charge in [0.05, 0.1) is 18.4 Å². The zero-order chi connectivity index (χ0) is 13.8. The predicted octanol–water partition coefficient (Wildman–Crippen LogP) is 1.82. The van der Waals surface area contributed by atoms with Crippen LogP contribution in [0.15, 0.2) is 12.1 Å². The van der Waals surface area contributed by atoms with Gasteiger partial charge in [0.25, 0.3) is 5.91 Å². The quantitative estimate of drug-likeness (QED) is 0.846. The van der Waals surface area contributed by atoms with Gasteiger partial charge in [-0.25, -0.2) is 4.39 Å². The molecule has 0 aromatic heterocycles. The number of amides is 1. The molecule has 1 aromatic carbocycles. The second-order valence-electron chi connectivity index (χ2n) is 4.34. The van der Waals surface area contributed by atoms with Crippen molar-refractivity contribution < 1.29 is 18.7 Å². The van der Waals surface area contributed by atoms with Gasteiger partial charge in [-0.2, -0.15) is 0 Å². The summed E-state index contributed by atoms with van der Waals surface area (Å²) in [7, 11) is 1.46. The normalized spacial score (nSPS) is 14.5. The van der Waals surface area contributed by atoms with E-state index in [-0.39, 0.29) is 17.3 Å². The molecule has 0 saturated carbocycles. The number of carbonyl (C=O) groups is 1. The van der Waals surface area contributed by atoms with Gasteiger partial charge in [-0.05, 0) is 18.9 Å². The predicted molar refractivity (Wildman–Crippen MR) is 69.1 cm³/mol. The third-order valence-corrected chi connectivity index (χ3v) is 3.17. The van der Waals surface area contributed by atoms with Crippen molar-refractivity contribution in [3.63, 3.8) is 0 Å². The number of benzene rings is 1. The Morgan fingerprint density at radius 3 is 2.63 bits per heavy atom. The molecule has 1 saturated heterocycles. The Balaban J connectivity index is 2.35. The van der Waals surface area contributed by atoms with Gasteiger partial charge in [-0.1, -0.05) is 0 Å². The van der Waals surface area contributed by atoms with Gasteiger partial charge < -0.3 is 20.1 Å². The third kappa shape index (κ3) is 2.72. The Bertz CT molecular complexity index is 473. The van der Waals surface area contributed by atoms with Crippen molar-refractivity contribution in [3.05, 3.63) is 17.7 Å². The first-order valence-electron chi connectivity index (χ1n) is 6.13. The van der Waals surface area contributed by atoms with E-state index in [2.05, 4.69) is 0 Å². The molecule has 0 aliphatic carbocycles. The fraction of sp³-hybridized carbons (Fsp3) is 0.462. The number of likely N-dealkylation sites (tertiary alicyclic amines) is 1. The van der Waals surface area contributed by atoms with Crippen LogP contribution in [0.2, 0.25) is 0 Å². The maximum atomic E-state index is 12.4. The lowest BCUT2D eigenvalue weighted by atomic mass is 10.1. The van der Waals surface area contributed by atoms with Crippen LogP contribution in [0.1, 0.15) is 23.2 Å². The van der Waals surface area contributed by atoms with Crippen molar-refractivity contribution in [1.29, 1.82) is 0 Å². The van der Waals surface area contributed by atoms with Crippen molar-refractivity contribution >= 4 is 11.6 Å². The van der Waals surface area contributed by atoms with Crippen LogP contribution in [0.25, 0.3) is 0 Å². The first-order chi connectivity index (χ1) is 9.17. The summed E-state index contributed by atoms with van der Waals surface area (Å²) in [6.07, 6.45) is 1.99. The van der Waals surface area contributed by atoms with E-state index in [4.69, 9.17) is 15.2 Å². The minimum atomic E-state index is -0.992. The molecule has 104 valence electrons. The van der Waals surface area contributed by atoms with Crippen LogP contribution in [0.5, 0.6) is 11.5 Å². The minimum absolute atomic E-state index is 0.141. The van der Waals surface area contributed by atoms with Crippen molar-refractivity contribution in [3.8, 4) is 11.5 Å². The van der Waals surface area contributed by atoms with E-state index in [1.54, 1.807) is 4.90 Å². The topological polar surface area (TPSA) is 64.8 Å². The van der Waals surface area contributed by atoms with Gasteiger partial charge in [-0.15, -0.1) is 0 Å².